The SMILES string of the molecule is [2H]C1CC(=O)c2ccccc2C1. The molecule has 1 aromatic carbocycles. The highest BCUT2D eigenvalue weighted by Gasteiger charge is 2.14. The molecule has 1 unspecified atom stereocenters. The van der Waals surface area contributed by atoms with E-state index in [0.29, 0.717) is 6.42 Å². The molecule has 0 amide bonds. The third kappa shape index (κ3) is 1.07. The average molecular weight is 147 g/mol. The Hall–Kier alpha value is -1.11. The molecule has 1 aliphatic rings. The average Bonchev–Trinajstić information content (AvgIpc) is 2.04. The Bertz CT molecular complexity index is 319. The minimum Gasteiger partial charge on any atom is -0.294 e. The van der Waals surface area contributed by atoms with Crippen LogP contribution in [0.1, 0.15) is 30.1 Å². The molecule has 0 fully saturated rings. The van der Waals surface area contributed by atoms with Crippen LogP contribution in [0.15, 0.2) is 24.3 Å². The lowest BCUT2D eigenvalue weighted by molar-refractivity contribution is 0.0972. The smallest absolute Gasteiger partial charge is 0.163 e. The van der Waals surface area contributed by atoms with Crippen LogP contribution < -0.4 is 0 Å². The highest BCUT2D eigenvalue weighted by Crippen LogP contribution is 2.19. The van der Waals surface area contributed by atoms with Crippen molar-refractivity contribution >= 4 is 5.78 Å². The van der Waals surface area contributed by atoms with E-state index in [1.165, 1.54) is 0 Å². The Balaban J connectivity index is 2.47. The topological polar surface area (TPSA) is 17.1 Å². The molecule has 1 aliphatic carbocycles. The molecule has 0 spiro atoms. The predicted octanol–water partition coefficient (Wildman–Crippen LogP) is 2.21. The minimum atomic E-state index is -0.229. The molecule has 56 valence electrons. The molecule has 0 aromatic heterocycles. The molecule has 0 radical (unpaired) electrons. The Morgan fingerprint density at radius 3 is 3.00 bits per heavy atom. The van der Waals surface area contributed by atoms with Crippen LogP contribution in [0, 0.1) is 0 Å². The van der Waals surface area contributed by atoms with E-state index in [1.807, 2.05) is 24.3 Å². The number of hydrogen-bond donors (Lipinski definition) is 0. The number of benzene rings is 1. The first-order chi connectivity index (χ1) is 5.77. The van der Waals surface area contributed by atoms with Crippen molar-refractivity contribution in [3.63, 3.8) is 0 Å². The third-order valence-corrected chi connectivity index (χ3v) is 2.01. The van der Waals surface area contributed by atoms with E-state index >= 15 is 0 Å². The first-order valence-corrected chi connectivity index (χ1v) is 3.81. The van der Waals surface area contributed by atoms with Gasteiger partial charge in [-0.05, 0) is 18.4 Å². The normalized spacial score (nSPS) is 24.2. The van der Waals surface area contributed by atoms with E-state index in [9.17, 15) is 4.79 Å². The Kier molecular flexibility index (Phi) is 1.25. The number of aryl methyl sites for hydroxylation is 1. The summed E-state index contributed by atoms with van der Waals surface area (Å²) in [6.45, 7) is 0. The Morgan fingerprint density at radius 1 is 1.27 bits per heavy atom. The van der Waals surface area contributed by atoms with Crippen LogP contribution in [0.3, 0.4) is 0 Å². The van der Waals surface area contributed by atoms with Crippen LogP contribution in [0.25, 0.3) is 0 Å². The van der Waals surface area contributed by atoms with Gasteiger partial charge in [-0.1, -0.05) is 24.3 Å². The van der Waals surface area contributed by atoms with Gasteiger partial charge in [0.1, 0.15) is 0 Å². The van der Waals surface area contributed by atoms with Crippen LogP contribution in [0.5, 0.6) is 0 Å². The van der Waals surface area contributed by atoms with E-state index < -0.39 is 0 Å². The van der Waals surface area contributed by atoms with Gasteiger partial charge in [0.25, 0.3) is 0 Å². The molecular formula is C10H10O. The second-order valence-electron chi connectivity index (χ2n) is 2.78. The summed E-state index contributed by atoms with van der Waals surface area (Å²) in [5, 5.41) is 0. The Morgan fingerprint density at radius 2 is 2.09 bits per heavy atom. The first kappa shape index (κ1) is 5.53. The van der Waals surface area contributed by atoms with Crippen LogP contribution in [0.2, 0.25) is 0 Å². The molecule has 0 bridgehead atoms. The van der Waals surface area contributed by atoms with Gasteiger partial charge in [0.15, 0.2) is 5.78 Å². The van der Waals surface area contributed by atoms with Gasteiger partial charge in [0.2, 0.25) is 0 Å². The predicted molar refractivity (Wildman–Crippen MR) is 43.7 cm³/mol. The van der Waals surface area contributed by atoms with Crippen LogP contribution in [0.4, 0.5) is 0 Å². The first-order valence-electron chi connectivity index (χ1n) is 4.38. The van der Waals surface area contributed by atoms with Gasteiger partial charge in [-0.2, -0.15) is 0 Å². The van der Waals surface area contributed by atoms with Crippen molar-refractivity contribution in [2.45, 2.75) is 19.2 Å². The van der Waals surface area contributed by atoms with E-state index in [-0.39, 0.29) is 12.2 Å². The number of rotatable bonds is 0. The summed E-state index contributed by atoms with van der Waals surface area (Å²) in [6.07, 6.45) is 0.881. The molecule has 1 heteroatoms. The second-order valence-corrected chi connectivity index (χ2v) is 2.78. The standard InChI is InChI=1S/C10H10O/c11-10-7-3-5-8-4-1-2-6-9(8)10/h1-2,4,6H,3,5,7H2/i3D. The molecule has 0 aliphatic heterocycles. The Labute approximate surface area is 67.5 Å². The molecule has 0 saturated carbocycles. The van der Waals surface area contributed by atoms with Gasteiger partial charge in [-0.3, -0.25) is 4.79 Å². The fourth-order valence-corrected chi connectivity index (χ4v) is 1.44. The maximum atomic E-state index is 11.4. The van der Waals surface area contributed by atoms with Crippen molar-refractivity contribution in [3.05, 3.63) is 35.4 Å². The second kappa shape index (κ2) is 2.50. The summed E-state index contributed by atoms with van der Waals surface area (Å²) in [4.78, 5) is 11.4. The van der Waals surface area contributed by atoms with E-state index in [0.717, 1.165) is 17.5 Å². The number of ketones is 1. The summed E-state index contributed by atoms with van der Waals surface area (Å²) in [7, 11) is 0. The number of hydrogen-bond acceptors (Lipinski definition) is 1. The lowest BCUT2D eigenvalue weighted by Crippen LogP contribution is -2.09. The van der Waals surface area contributed by atoms with Crippen molar-refractivity contribution in [1.29, 1.82) is 0 Å². The number of carbonyl (C=O) groups excluding carboxylic acids is 1. The van der Waals surface area contributed by atoms with Crippen molar-refractivity contribution in [3.8, 4) is 0 Å². The van der Waals surface area contributed by atoms with Gasteiger partial charge in [-0.25, -0.2) is 0 Å². The van der Waals surface area contributed by atoms with Crippen LogP contribution >= 0.6 is 0 Å². The van der Waals surface area contributed by atoms with Gasteiger partial charge in [0, 0.05) is 13.4 Å². The highest BCUT2D eigenvalue weighted by atomic mass is 16.1. The number of Topliss-reactive ketones (excluding diaryl/α,β-unsaturated/α-hetero) is 1. The monoisotopic (exact) mass is 147 g/mol. The van der Waals surface area contributed by atoms with E-state index in [4.69, 9.17) is 1.37 Å². The fraction of sp³-hybridized carbons (Fsp3) is 0.300. The lowest BCUT2D eigenvalue weighted by Gasteiger charge is -2.12. The minimum absolute atomic E-state index is 0.122. The van der Waals surface area contributed by atoms with Crippen LogP contribution in [-0.4, -0.2) is 5.78 Å². The van der Waals surface area contributed by atoms with Gasteiger partial charge in [0.05, 0.1) is 0 Å². The van der Waals surface area contributed by atoms with E-state index in [2.05, 4.69) is 0 Å². The van der Waals surface area contributed by atoms with Gasteiger partial charge < -0.3 is 0 Å². The van der Waals surface area contributed by atoms with Gasteiger partial charge >= 0.3 is 0 Å². The third-order valence-electron chi connectivity index (χ3n) is 2.01. The molecule has 1 nitrogen and oxygen atoms in total. The zero-order chi connectivity index (χ0) is 8.55. The quantitative estimate of drug-likeness (QED) is 0.549. The van der Waals surface area contributed by atoms with Crippen molar-refractivity contribution < 1.29 is 6.17 Å². The summed E-state index contributed by atoms with van der Waals surface area (Å²) in [6, 6.07) is 7.59. The summed E-state index contributed by atoms with van der Waals surface area (Å²) in [5.41, 5.74) is 1.86. The molecule has 0 heterocycles. The summed E-state index contributed by atoms with van der Waals surface area (Å²) in [5.74, 6) is 0.122. The molecule has 2 rings (SSSR count). The summed E-state index contributed by atoms with van der Waals surface area (Å²) >= 11 is 0. The molecule has 1 atom stereocenters. The molecule has 11 heavy (non-hydrogen) atoms. The van der Waals surface area contributed by atoms with Crippen molar-refractivity contribution in [2.75, 3.05) is 0 Å². The molecule has 0 N–H and O–H groups in total. The fourth-order valence-electron chi connectivity index (χ4n) is 1.44. The van der Waals surface area contributed by atoms with Crippen molar-refractivity contribution in [2.24, 2.45) is 0 Å². The maximum Gasteiger partial charge on any atom is 0.163 e. The summed E-state index contributed by atoms with van der Waals surface area (Å²) < 4.78 is 7.51. The maximum absolute atomic E-state index is 11.4. The highest BCUT2D eigenvalue weighted by molar-refractivity contribution is 5.98. The van der Waals surface area contributed by atoms with Crippen molar-refractivity contribution in [1.82, 2.24) is 0 Å². The molecular weight excluding hydrogens is 136 g/mol. The zero-order valence-electron chi connectivity index (χ0n) is 7.21. The number of carbonyl (C=O) groups is 1. The molecule has 0 saturated heterocycles. The van der Waals surface area contributed by atoms with Crippen LogP contribution in [-0.2, 0) is 6.42 Å². The number of fused-ring (bicyclic) bond motifs is 1. The largest absolute Gasteiger partial charge is 0.294 e. The van der Waals surface area contributed by atoms with E-state index in [1.54, 1.807) is 0 Å². The molecule has 1 aromatic rings. The zero-order valence-corrected chi connectivity index (χ0v) is 6.21. The van der Waals surface area contributed by atoms with Gasteiger partial charge in [-0.15, -0.1) is 0 Å². The lowest BCUT2D eigenvalue weighted by atomic mass is 9.91.